The number of hydrogen-bond acceptors (Lipinski definition) is 6. The van der Waals surface area contributed by atoms with Crippen molar-refractivity contribution in [2.45, 2.75) is 49.5 Å². The summed E-state index contributed by atoms with van der Waals surface area (Å²) in [4.78, 5) is 25.5. The Hall–Kier alpha value is -3.00. The van der Waals surface area contributed by atoms with Crippen LogP contribution in [-0.2, 0) is 32.2 Å². The standard InChI is InChI=1S/C24H24FN3O3S/c1-24(2,21-9-10-27-23(28-21)15-32(30,31)20-7-8-20)22(29)11-16-3-5-17(6-4-16)18-12-19(25)14-26-13-18/h3-6,9-10,12-14,20H,7-8,11,15H2,1-2H3. The van der Waals surface area contributed by atoms with Crippen LogP contribution in [0.1, 0.15) is 43.8 Å². The lowest BCUT2D eigenvalue weighted by Gasteiger charge is -2.23. The number of carbonyl (C=O) groups excluding carboxylic acids is 1. The van der Waals surface area contributed by atoms with Crippen molar-refractivity contribution in [3.05, 3.63) is 77.9 Å². The van der Waals surface area contributed by atoms with Gasteiger partial charge in [-0.2, -0.15) is 0 Å². The van der Waals surface area contributed by atoms with E-state index in [2.05, 4.69) is 15.0 Å². The van der Waals surface area contributed by atoms with E-state index in [1.807, 2.05) is 24.3 Å². The average molecular weight is 454 g/mol. The normalized spacial score (nSPS) is 14.3. The van der Waals surface area contributed by atoms with Crippen LogP contribution in [0.5, 0.6) is 0 Å². The third-order valence-electron chi connectivity index (χ3n) is 5.76. The van der Waals surface area contributed by atoms with Crippen LogP contribution < -0.4 is 0 Å². The van der Waals surface area contributed by atoms with Crippen LogP contribution in [0, 0.1) is 5.82 Å². The van der Waals surface area contributed by atoms with E-state index in [0.717, 1.165) is 17.3 Å². The van der Waals surface area contributed by atoms with Crippen LogP contribution in [0.4, 0.5) is 4.39 Å². The van der Waals surface area contributed by atoms with Gasteiger partial charge in [0.25, 0.3) is 0 Å². The summed E-state index contributed by atoms with van der Waals surface area (Å²) >= 11 is 0. The number of benzene rings is 1. The van der Waals surface area contributed by atoms with E-state index in [4.69, 9.17) is 0 Å². The zero-order valence-corrected chi connectivity index (χ0v) is 18.8. The van der Waals surface area contributed by atoms with Gasteiger partial charge in [0, 0.05) is 24.4 Å². The largest absolute Gasteiger partial charge is 0.298 e. The number of pyridine rings is 1. The number of hydrogen-bond donors (Lipinski definition) is 0. The lowest BCUT2D eigenvalue weighted by Crippen LogP contribution is -2.32. The molecular weight excluding hydrogens is 429 g/mol. The smallest absolute Gasteiger partial charge is 0.160 e. The number of nitrogens with zero attached hydrogens (tertiary/aromatic N) is 3. The number of ketones is 1. The van der Waals surface area contributed by atoms with Crippen LogP contribution in [0.25, 0.3) is 11.1 Å². The van der Waals surface area contributed by atoms with Crippen molar-refractivity contribution in [3.63, 3.8) is 0 Å². The molecule has 1 fully saturated rings. The lowest BCUT2D eigenvalue weighted by atomic mass is 9.81. The summed E-state index contributed by atoms with van der Waals surface area (Å²) in [5, 5.41) is -0.282. The van der Waals surface area contributed by atoms with Gasteiger partial charge < -0.3 is 0 Å². The van der Waals surface area contributed by atoms with E-state index in [0.29, 0.717) is 24.1 Å². The van der Waals surface area contributed by atoms with Gasteiger partial charge in [-0.1, -0.05) is 24.3 Å². The minimum atomic E-state index is -3.24. The molecule has 3 aromatic rings. The topological polar surface area (TPSA) is 89.9 Å². The van der Waals surface area contributed by atoms with Gasteiger partial charge in [-0.25, -0.2) is 22.8 Å². The molecule has 2 heterocycles. The fraction of sp³-hybridized carbons (Fsp3) is 0.333. The second-order valence-electron chi connectivity index (χ2n) is 8.68. The summed E-state index contributed by atoms with van der Waals surface area (Å²) in [6, 6.07) is 10.4. The Kier molecular flexibility index (Phi) is 5.90. The van der Waals surface area contributed by atoms with Gasteiger partial charge in [0.15, 0.2) is 9.84 Å². The Morgan fingerprint density at radius 3 is 2.47 bits per heavy atom. The van der Waals surface area contributed by atoms with E-state index in [1.165, 1.54) is 12.3 Å². The first-order valence-corrected chi connectivity index (χ1v) is 12.1. The van der Waals surface area contributed by atoms with E-state index >= 15 is 0 Å². The first-order chi connectivity index (χ1) is 15.1. The van der Waals surface area contributed by atoms with Crippen molar-refractivity contribution < 1.29 is 17.6 Å². The predicted octanol–water partition coefficient (Wildman–Crippen LogP) is 3.84. The molecule has 0 atom stereocenters. The molecule has 8 heteroatoms. The van der Waals surface area contributed by atoms with Crippen LogP contribution >= 0.6 is 0 Å². The molecule has 0 aliphatic heterocycles. The molecule has 166 valence electrons. The number of Topliss-reactive ketones (excluding diaryl/α,β-unsaturated/α-hetero) is 1. The Morgan fingerprint density at radius 2 is 1.81 bits per heavy atom. The monoisotopic (exact) mass is 453 g/mol. The van der Waals surface area contributed by atoms with E-state index in [-0.39, 0.29) is 29.0 Å². The van der Waals surface area contributed by atoms with Crippen LogP contribution in [0.3, 0.4) is 0 Å². The summed E-state index contributed by atoms with van der Waals surface area (Å²) in [6.45, 7) is 3.56. The number of sulfone groups is 1. The quantitative estimate of drug-likeness (QED) is 0.515. The molecule has 1 aliphatic rings. The fourth-order valence-corrected chi connectivity index (χ4v) is 5.06. The van der Waals surface area contributed by atoms with E-state index in [9.17, 15) is 17.6 Å². The zero-order valence-electron chi connectivity index (χ0n) is 18.0. The fourth-order valence-electron chi connectivity index (χ4n) is 3.48. The highest BCUT2D eigenvalue weighted by atomic mass is 32.2. The number of rotatable bonds is 8. The molecule has 1 aromatic carbocycles. The highest BCUT2D eigenvalue weighted by Gasteiger charge is 2.37. The van der Waals surface area contributed by atoms with Crippen molar-refractivity contribution in [2.75, 3.05) is 0 Å². The van der Waals surface area contributed by atoms with Crippen LogP contribution in [0.15, 0.2) is 55.0 Å². The molecule has 6 nitrogen and oxygen atoms in total. The molecule has 4 rings (SSSR count). The van der Waals surface area contributed by atoms with Gasteiger partial charge in [0.2, 0.25) is 0 Å². The van der Waals surface area contributed by atoms with Crippen LogP contribution in [0.2, 0.25) is 0 Å². The molecule has 32 heavy (non-hydrogen) atoms. The van der Waals surface area contributed by atoms with Gasteiger partial charge in [0.1, 0.15) is 23.2 Å². The SMILES string of the molecule is CC(C)(C(=O)Cc1ccc(-c2cncc(F)c2)cc1)c1ccnc(CS(=O)(=O)C2CC2)n1. The Morgan fingerprint density at radius 1 is 1.09 bits per heavy atom. The lowest BCUT2D eigenvalue weighted by molar-refractivity contribution is -0.122. The van der Waals surface area contributed by atoms with Gasteiger partial charge in [-0.15, -0.1) is 0 Å². The molecule has 0 bridgehead atoms. The zero-order chi connectivity index (χ0) is 22.9. The third-order valence-corrected chi connectivity index (χ3v) is 7.91. The first kappa shape index (κ1) is 22.2. The Labute approximate surface area is 186 Å². The average Bonchev–Trinajstić information content (AvgIpc) is 3.60. The molecule has 0 spiro atoms. The minimum absolute atomic E-state index is 0.0487. The second-order valence-corrected chi connectivity index (χ2v) is 11.0. The summed E-state index contributed by atoms with van der Waals surface area (Å²) < 4.78 is 38.0. The number of halogens is 1. The summed E-state index contributed by atoms with van der Waals surface area (Å²) in [5.74, 6) is -0.431. The molecule has 1 aliphatic carbocycles. The summed E-state index contributed by atoms with van der Waals surface area (Å²) in [6.07, 6.45) is 5.83. The molecule has 1 saturated carbocycles. The minimum Gasteiger partial charge on any atom is -0.298 e. The summed E-state index contributed by atoms with van der Waals surface area (Å²) in [7, 11) is -3.24. The van der Waals surface area contributed by atoms with Gasteiger partial charge in [-0.05, 0) is 49.9 Å². The van der Waals surface area contributed by atoms with Crippen molar-refractivity contribution in [1.29, 1.82) is 0 Å². The maximum absolute atomic E-state index is 13.4. The maximum Gasteiger partial charge on any atom is 0.160 e. The maximum atomic E-state index is 13.4. The molecule has 0 amide bonds. The number of aromatic nitrogens is 3. The van der Waals surface area contributed by atoms with Crippen molar-refractivity contribution in [3.8, 4) is 11.1 Å². The molecule has 0 radical (unpaired) electrons. The molecule has 0 unspecified atom stereocenters. The molecular formula is C24H24FN3O3S. The van der Waals surface area contributed by atoms with Crippen molar-refractivity contribution in [1.82, 2.24) is 15.0 Å². The van der Waals surface area contributed by atoms with Crippen molar-refractivity contribution in [2.24, 2.45) is 0 Å². The second kappa shape index (κ2) is 8.50. The van der Waals surface area contributed by atoms with Crippen LogP contribution in [-0.4, -0.2) is 34.4 Å². The third kappa shape index (κ3) is 4.91. The summed E-state index contributed by atoms with van der Waals surface area (Å²) in [5.41, 5.74) is 1.89. The predicted molar refractivity (Wildman–Crippen MR) is 119 cm³/mol. The number of carbonyl (C=O) groups is 1. The highest BCUT2D eigenvalue weighted by Crippen LogP contribution is 2.31. The van der Waals surface area contributed by atoms with E-state index < -0.39 is 21.1 Å². The Balaban J connectivity index is 1.48. The Bertz CT molecular complexity index is 1250. The molecule has 0 saturated heterocycles. The van der Waals surface area contributed by atoms with Gasteiger partial charge in [0.05, 0.1) is 22.6 Å². The van der Waals surface area contributed by atoms with Gasteiger partial charge in [-0.3, -0.25) is 9.78 Å². The van der Waals surface area contributed by atoms with E-state index in [1.54, 1.807) is 26.1 Å². The molecule has 0 N–H and O–H groups in total. The highest BCUT2D eigenvalue weighted by molar-refractivity contribution is 7.91. The van der Waals surface area contributed by atoms with Gasteiger partial charge >= 0.3 is 0 Å². The molecule has 2 aromatic heterocycles. The van der Waals surface area contributed by atoms with Crippen molar-refractivity contribution >= 4 is 15.6 Å². The first-order valence-electron chi connectivity index (χ1n) is 10.4.